The third-order valence-electron chi connectivity index (χ3n) is 16.3. The number of nitrogens with zero attached hydrogens (tertiary/aromatic N) is 3. The number of likely N-dealkylation sites (N-methyl/N-ethyl adjacent to an activating group) is 1. The van der Waals surface area contributed by atoms with Gasteiger partial charge in [-0.2, -0.15) is 0 Å². The number of piperidine rings is 1. The average molecular weight is 823 g/mol. The Bertz CT molecular complexity index is 2220. The SMILES string of the molecule is CCC1(O)CC2C[N@](CCc3c([nH]c4ccccc34)[C@@](C)(c3cc4c(cc3C)N(C)C3C45CCN4CC=C[C@](CC)(C45)[C@@H](O)[C@]3(O)C(=O)NCCCOC(=O)C(C)N)C2)C1. The van der Waals surface area contributed by atoms with E-state index in [1.807, 2.05) is 7.05 Å². The number of aliphatic hydroxyl groups excluding tert-OH is 1. The first kappa shape index (κ1) is 41.6. The van der Waals surface area contributed by atoms with Crippen molar-refractivity contribution in [1.82, 2.24) is 20.1 Å². The maximum atomic E-state index is 14.8. The zero-order valence-electron chi connectivity index (χ0n) is 36.4. The average Bonchev–Trinajstić information content (AvgIpc) is 3.89. The van der Waals surface area contributed by atoms with Crippen LogP contribution in [0.25, 0.3) is 10.9 Å². The fraction of sp³-hybridized carbons (Fsp3) is 0.625. The first-order valence-electron chi connectivity index (χ1n) is 22.5. The number of hydrogen-bond acceptors (Lipinski definition) is 10. The summed E-state index contributed by atoms with van der Waals surface area (Å²) in [5.41, 5.74) is 8.86. The van der Waals surface area contributed by atoms with Crippen molar-refractivity contribution in [3.63, 3.8) is 0 Å². The van der Waals surface area contributed by atoms with Crippen LogP contribution in [-0.4, -0.2) is 130 Å². The molecule has 9 rings (SSSR count). The Kier molecular flexibility index (Phi) is 10.2. The largest absolute Gasteiger partial charge is 0.464 e. The first-order valence-corrected chi connectivity index (χ1v) is 22.5. The van der Waals surface area contributed by atoms with E-state index in [1.54, 1.807) is 6.92 Å². The van der Waals surface area contributed by atoms with E-state index in [9.17, 15) is 24.9 Å². The molecule has 6 aliphatic rings. The number of aliphatic hydroxyl groups is 3. The Hall–Kier alpha value is -3.78. The zero-order valence-corrected chi connectivity index (χ0v) is 36.4. The number of hydrogen-bond donors (Lipinski definition) is 6. The molecular formula is C48H66N6O6. The number of rotatable bonds is 9. The number of carbonyl (C=O) groups excluding carboxylic acids is 2. The molecule has 2 bridgehead atoms. The number of fused-ring (bicyclic) bond motifs is 6. The lowest BCUT2D eigenvalue weighted by molar-refractivity contribution is -0.203. The smallest absolute Gasteiger partial charge is 0.322 e. The van der Waals surface area contributed by atoms with Gasteiger partial charge in [0.15, 0.2) is 5.60 Å². The topological polar surface area (TPSA) is 168 Å². The van der Waals surface area contributed by atoms with Crippen molar-refractivity contribution in [2.24, 2.45) is 17.1 Å². The molecule has 6 heterocycles. The van der Waals surface area contributed by atoms with Gasteiger partial charge in [0.05, 0.1) is 18.2 Å². The summed E-state index contributed by atoms with van der Waals surface area (Å²) in [7, 11) is 1.98. The number of benzene rings is 2. The number of amides is 1. The van der Waals surface area contributed by atoms with E-state index in [0.29, 0.717) is 25.8 Å². The minimum atomic E-state index is -2.18. The Morgan fingerprint density at radius 3 is 2.62 bits per heavy atom. The van der Waals surface area contributed by atoms with Crippen LogP contribution in [0.2, 0.25) is 0 Å². The van der Waals surface area contributed by atoms with Crippen molar-refractivity contribution < 1.29 is 29.6 Å². The Morgan fingerprint density at radius 2 is 1.87 bits per heavy atom. The summed E-state index contributed by atoms with van der Waals surface area (Å²) < 4.78 is 5.26. The number of para-hydroxylation sites is 1. The van der Waals surface area contributed by atoms with Gasteiger partial charge in [-0.25, -0.2) is 0 Å². The minimum absolute atomic E-state index is 0.0779. The second-order valence-corrected chi connectivity index (χ2v) is 19.7. The van der Waals surface area contributed by atoms with Crippen LogP contribution in [0.1, 0.15) is 94.2 Å². The van der Waals surface area contributed by atoms with E-state index in [2.05, 4.69) is 101 Å². The van der Waals surface area contributed by atoms with Gasteiger partial charge in [-0.05, 0) is 113 Å². The van der Waals surface area contributed by atoms with Gasteiger partial charge in [0.25, 0.3) is 5.91 Å². The number of nitrogens with one attached hydrogen (secondary N) is 2. The number of aromatic amines is 1. The van der Waals surface area contributed by atoms with E-state index < -0.39 is 57.5 Å². The van der Waals surface area contributed by atoms with E-state index in [4.69, 9.17) is 10.5 Å². The summed E-state index contributed by atoms with van der Waals surface area (Å²) >= 11 is 0. The molecule has 2 aromatic carbocycles. The van der Waals surface area contributed by atoms with Crippen molar-refractivity contribution in [3.05, 3.63) is 76.5 Å². The van der Waals surface area contributed by atoms with Gasteiger partial charge in [-0.3, -0.25) is 19.4 Å². The third kappa shape index (κ3) is 5.84. The lowest BCUT2D eigenvalue weighted by Gasteiger charge is -2.63. The van der Waals surface area contributed by atoms with Crippen molar-refractivity contribution in [2.45, 2.75) is 126 Å². The van der Waals surface area contributed by atoms with Gasteiger partial charge in [0.2, 0.25) is 0 Å². The molecule has 60 heavy (non-hydrogen) atoms. The van der Waals surface area contributed by atoms with Gasteiger partial charge in [0, 0.05) is 84.3 Å². The van der Waals surface area contributed by atoms with Crippen LogP contribution in [0.3, 0.4) is 0 Å². The van der Waals surface area contributed by atoms with Crippen LogP contribution >= 0.6 is 0 Å². The molecule has 3 aromatic rings. The van der Waals surface area contributed by atoms with Gasteiger partial charge in [-0.1, -0.05) is 50.3 Å². The molecule has 0 radical (unpaired) electrons. The van der Waals surface area contributed by atoms with Gasteiger partial charge < -0.3 is 41.0 Å². The second-order valence-electron chi connectivity index (χ2n) is 19.7. The van der Waals surface area contributed by atoms with Crippen LogP contribution in [-0.2, 0) is 31.6 Å². The Labute approximate surface area is 354 Å². The molecule has 1 aromatic heterocycles. The molecular weight excluding hydrogens is 757 g/mol. The lowest BCUT2D eigenvalue weighted by Crippen LogP contribution is -2.81. The van der Waals surface area contributed by atoms with E-state index in [-0.39, 0.29) is 25.1 Å². The molecule has 11 atom stereocenters. The minimum Gasteiger partial charge on any atom is -0.464 e. The van der Waals surface area contributed by atoms with Crippen LogP contribution < -0.4 is 16.0 Å². The van der Waals surface area contributed by atoms with Crippen molar-refractivity contribution in [3.8, 4) is 0 Å². The zero-order chi connectivity index (χ0) is 42.6. The predicted molar refractivity (Wildman–Crippen MR) is 233 cm³/mol. The molecule has 7 N–H and O–H groups in total. The molecule has 5 aliphatic heterocycles. The highest BCUT2D eigenvalue weighted by Crippen LogP contribution is 2.67. The summed E-state index contributed by atoms with van der Waals surface area (Å²) in [5.74, 6) is -0.871. The molecule has 3 fully saturated rings. The normalized spacial score (nSPS) is 37.3. The maximum absolute atomic E-state index is 14.8. The fourth-order valence-corrected chi connectivity index (χ4v) is 13.7. The Morgan fingerprint density at radius 1 is 1.08 bits per heavy atom. The predicted octanol–water partition coefficient (Wildman–Crippen LogP) is 3.79. The molecule has 1 spiro atoms. The molecule has 1 aliphatic carbocycles. The quantitative estimate of drug-likeness (QED) is 0.106. The van der Waals surface area contributed by atoms with Crippen molar-refractivity contribution in [2.75, 3.05) is 57.8 Å². The number of ether oxygens (including phenoxy) is 1. The number of anilines is 1. The number of H-pyrrole nitrogens is 1. The lowest BCUT2D eigenvalue weighted by atomic mass is 9.47. The highest BCUT2D eigenvalue weighted by Gasteiger charge is 2.78. The maximum Gasteiger partial charge on any atom is 0.322 e. The summed E-state index contributed by atoms with van der Waals surface area (Å²) in [6.45, 7) is 14.6. The number of aryl methyl sites for hydroxylation is 1. The Balaban J connectivity index is 1.19. The van der Waals surface area contributed by atoms with Crippen LogP contribution in [0, 0.1) is 18.3 Å². The molecule has 12 heteroatoms. The van der Waals surface area contributed by atoms with Crippen LogP contribution in [0.5, 0.6) is 0 Å². The molecule has 6 unspecified atom stereocenters. The molecule has 2 saturated heterocycles. The van der Waals surface area contributed by atoms with Gasteiger partial charge in [0.1, 0.15) is 12.1 Å². The summed E-state index contributed by atoms with van der Waals surface area (Å²) in [5, 5.41) is 42.2. The van der Waals surface area contributed by atoms with E-state index in [1.165, 1.54) is 22.2 Å². The van der Waals surface area contributed by atoms with Crippen molar-refractivity contribution in [1.29, 1.82) is 0 Å². The number of nitrogens with two attached hydrogens (primary N) is 1. The van der Waals surface area contributed by atoms with Gasteiger partial charge >= 0.3 is 5.97 Å². The van der Waals surface area contributed by atoms with E-state index in [0.717, 1.165) is 74.2 Å². The highest BCUT2D eigenvalue weighted by atomic mass is 16.5. The van der Waals surface area contributed by atoms with E-state index >= 15 is 0 Å². The number of esters is 1. The molecule has 1 amide bonds. The number of carbonyl (C=O) groups is 2. The number of aromatic nitrogens is 1. The summed E-state index contributed by atoms with van der Waals surface area (Å²) in [4.78, 5) is 37.8. The van der Waals surface area contributed by atoms with Crippen LogP contribution in [0.15, 0.2) is 48.6 Å². The molecule has 12 nitrogen and oxygen atoms in total. The standard InChI is InChI=1S/C48H66N6O6/c1-7-45(58)26-31-25-44(5,38-33(15-20-53(27-31)28-45)32-13-9-10-14-36(32)51-38)34-24-35-37(23-29(34)3)52(6)41-47(35)17-21-54-19-11-16-46(8-2,40(47)54)42(56)48(41,59)43(57)50-18-12-22-60-39(55)30(4)49/h9-11,13-14,16,23-24,30-31,40-42,51,56,58-59H,7-8,12,15,17-22,25-28,49H2,1-6H3,(H,50,57)/t30?,31?,40?,41?,42-,44-,45?,46-,47?,48+/m1/s1. The molecule has 1 saturated carbocycles. The monoisotopic (exact) mass is 823 g/mol. The van der Waals surface area contributed by atoms with Crippen LogP contribution in [0.4, 0.5) is 5.69 Å². The fourth-order valence-electron chi connectivity index (χ4n) is 13.7. The highest BCUT2D eigenvalue weighted by molar-refractivity contribution is 5.91. The molecule has 324 valence electrons. The van der Waals surface area contributed by atoms with Crippen molar-refractivity contribution >= 4 is 28.5 Å². The summed E-state index contributed by atoms with van der Waals surface area (Å²) in [6, 6.07) is 11.7. The van der Waals surface area contributed by atoms with Gasteiger partial charge in [-0.15, -0.1) is 0 Å². The second kappa shape index (κ2) is 14.7. The third-order valence-corrected chi connectivity index (χ3v) is 16.3. The first-order chi connectivity index (χ1) is 28.6. The summed E-state index contributed by atoms with van der Waals surface area (Å²) in [6.07, 6.45) is 7.59.